The Morgan fingerprint density at radius 1 is 1.07 bits per heavy atom. The first-order valence-electron chi connectivity index (χ1n) is 8.60. The minimum Gasteiger partial charge on any atom is -0.461 e. The highest BCUT2D eigenvalue weighted by atomic mass is 19.4. The summed E-state index contributed by atoms with van der Waals surface area (Å²) in [6.07, 6.45) is -4.24. The number of aromatic nitrogens is 1. The Labute approximate surface area is 164 Å². The highest BCUT2D eigenvalue weighted by molar-refractivity contribution is 5.77. The van der Waals surface area contributed by atoms with E-state index in [2.05, 4.69) is 4.98 Å². The average molecular weight is 417 g/mol. The predicted molar refractivity (Wildman–Crippen MR) is 93.0 cm³/mol. The molecule has 1 aromatic carbocycles. The second-order valence-corrected chi connectivity index (χ2v) is 5.78. The van der Waals surface area contributed by atoms with Crippen LogP contribution in [0.1, 0.15) is 26.3 Å². The smallest absolute Gasteiger partial charge is 0.417 e. The Balaban J connectivity index is 2.13. The van der Waals surface area contributed by atoms with Gasteiger partial charge in [0, 0.05) is 19.7 Å². The van der Waals surface area contributed by atoms with Gasteiger partial charge < -0.3 is 18.9 Å². The van der Waals surface area contributed by atoms with E-state index in [1.807, 2.05) is 0 Å². The molecule has 2 rings (SSSR count). The first kappa shape index (κ1) is 22.4. The van der Waals surface area contributed by atoms with Crippen molar-refractivity contribution in [1.29, 1.82) is 0 Å². The highest BCUT2D eigenvalue weighted by Crippen LogP contribution is 2.32. The third-order valence-corrected chi connectivity index (χ3v) is 3.55. The van der Waals surface area contributed by atoms with Crippen LogP contribution in [-0.4, -0.2) is 30.0 Å². The summed E-state index contributed by atoms with van der Waals surface area (Å²) in [6, 6.07) is 5.85. The number of esters is 1. The molecule has 0 aliphatic heterocycles. The van der Waals surface area contributed by atoms with Gasteiger partial charge in [-0.15, -0.1) is 0 Å². The van der Waals surface area contributed by atoms with Crippen LogP contribution in [0.15, 0.2) is 36.5 Å². The van der Waals surface area contributed by atoms with Gasteiger partial charge in [0.05, 0.1) is 12.2 Å². The van der Waals surface area contributed by atoms with Crippen LogP contribution in [-0.2, 0) is 20.4 Å². The summed E-state index contributed by atoms with van der Waals surface area (Å²) in [5, 5.41) is 0. The minimum atomic E-state index is -4.71. The van der Waals surface area contributed by atoms with Gasteiger partial charge in [-0.1, -0.05) is 0 Å². The van der Waals surface area contributed by atoms with Gasteiger partial charge in [-0.3, -0.25) is 0 Å². The molecule has 0 saturated heterocycles. The molecular formula is C19H19F4NO5. The van der Waals surface area contributed by atoms with E-state index >= 15 is 0 Å². The molecule has 0 aliphatic carbocycles. The van der Waals surface area contributed by atoms with E-state index in [1.54, 1.807) is 13.8 Å². The largest absolute Gasteiger partial charge is 0.461 e. The number of rotatable bonds is 8. The third kappa shape index (κ3) is 5.80. The number of carbonyl (C=O) groups is 1. The summed E-state index contributed by atoms with van der Waals surface area (Å²) in [4.78, 5) is 15.4. The van der Waals surface area contributed by atoms with E-state index in [1.165, 1.54) is 31.2 Å². The zero-order valence-corrected chi connectivity index (χ0v) is 15.9. The van der Waals surface area contributed by atoms with Crippen LogP contribution in [0, 0.1) is 5.82 Å². The minimum absolute atomic E-state index is 0.0951. The van der Waals surface area contributed by atoms with Crippen LogP contribution in [0.25, 0.3) is 0 Å². The lowest BCUT2D eigenvalue weighted by Crippen LogP contribution is -2.45. The van der Waals surface area contributed by atoms with Crippen LogP contribution in [0.2, 0.25) is 0 Å². The molecule has 0 radical (unpaired) electrons. The van der Waals surface area contributed by atoms with Gasteiger partial charge in [0.2, 0.25) is 0 Å². The van der Waals surface area contributed by atoms with Crippen LogP contribution in [0.3, 0.4) is 0 Å². The number of ether oxygens (including phenoxy) is 4. The summed E-state index contributed by atoms with van der Waals surface area (Å²) in [5.74, 6) is -3.93. The second kappa shape index (κ2) is 9.08. The molecule has 0 saturated carbocycles. The standard InChI is InChI=1S/C19H19F4NO5/c1-4-26-17(25)18(3,27-5-2)29-14-8-6-13(7-9-14)28-16-15(20)10-12(11-24-16)19(21,22)23/h6-11H,4-5H2,1-3H3. The molecule has 10 heteroatoms. The molecule has 0 fully saturated rings. The number of hydrogen-bond acceptors (Lipinski definition) is 6. The number of alkyl halides is 3. The van der Waals surface area contributed by atoms with E-state index in [0.29, 0.717) is 12.3 Å². The number of halogens is 4. The van der Waals surface area contributed by atoms with Crippen LogP contribution >= 0.6 is 0 Å². The molecule has 0 spiro atoms. The number of pyridine rings is 1. The summed E-state index contributed by atoms with van der Waals surface area (Å²) < 4.78 is 72.5. The average Bonchev–Trinajstić information content (AvgIpc) is 2.64. The molecule has 6 nitrogen and oxygen atoms in total. The van der Waals surface area contributed by atoms with Gasteiger partial charge in [0.25, 0.3) is 5.88 Å². The molecule has 0 amide bonds. The van der Waals surface area contributed by atoms with Crippen molar-refractivity contribution in [1.82, 2.24) is 4.98 Å². The Hall–Kier alpha value is -2.88. The van der Waals surface area contributed by atoms with Crippen molar-refractivity contribution in [3.8, 4) is 17.4 Å². The molecule has 29 heavy (non-hydrogen) atoms. The molecule has 158 valence electrons. The molecule has 1 heterocycles. The quantitative estimate of drug-likeness (QED) is 0.352. The van der Waals surface area contributed by atoms with E-state index < -0.39 is 35.2 Å². The molecule has 1 unspecified atom stereocenters. The maximum absolute atomic E-state index is 13.8. The topological polar surface area (TPSA) is 66.9 Å². The van der Waals surface area contributed by atoms with Gasteiger partial charge in [0.1, 0.15) is 11.5 Å². The van der Waals surface area contributed by atoms with Crippen molar-refractivity contribution in [2.24, 2.45) is 0 Å². The zero-order valence-electron chi connectivity index (χ0n) is 15.9. The summed E-state index contributed by atoms with van der Waals surface area (Å²) in [7, 11) is 0. The van der Waals surface area contributed by atoms with Gasteiger partial charge >= 0.3 is 17.9 Å². The van der Waals surface area contributed by atoms with Gasteiger partial charge in [0.15, 0.2) is 5.82 Å². The van der Waals surface area contributed by atoms with E-state index in [4.69, 9.17) is 18.9 Å². The van der Waals surface area contributed by atoms with Crippen LogP contribution in [0.5, 0.6) is 17.4 Å². The fourth-order valence-electron chi connectivity index (χ4n) is 2.24. The number of nitrogens with zero attached hydrogens (tertiary/aromatic N) is 1. The fraction of sp³-hybridized carbons (Fsp3) is 0.368. The Morgan fingerprint density at radius 2 is 1.69 bits per heavy atom. The molecule has 1 aromatic heterocycles. The number of hydrogen-bond donors (Lipinski definition) is 0. The maximum atomic E-state index is 13.8. The number of benzene rings is 1. The van der Waals surface area contributed by atoms with Crippen LogP contribution < -0.4 is 9.47 Å². The van der Waals surface area contributed by atoms with E-state index in [0.717, 1.165) is 0 Å². The lowest BCUT2D eigenvalue weighted by Gasteiger charge is -2.27. The molecule has 2 aromatic rings. The second-order valence-electron chi connectivity index (χ2n) is 5.78. The summed E-state index contributed by atoms with van der Waals surface area (Å²) in [6.45, 7) is 5.06. The highest BCUT2D eigenvalue weighted by Gasteiger charge is 2.38. The molecule has 0 N–H and O–H groups in total. The maximum Gasteiger partial charge on any atom is 0.417 e. The number of carbonyl (C=O) groups excluding carboxylic acids is 1. The van der Waals surface area contributed by atoms with E-state index in [9.17, 15) is 22.4 Å². The van der Waals surface area contributed by atoms with Gasteiger partial charge in [-0.2, -0.15) is 13.2 Å². The van der Waals surface area contributed by atoms with Crippen molar-refractivity contribution in [2.45, 2.75) is 32.7 Å². The van der Waals surface area contributed by atoms with Crippen molar-refractivity contribution in [3.05, 3.63) is 47.9 Å². The first-order valence-corrected chi connectivity index (χ1v) is 8.60. The zero-order chi connectivity index (χ0) is 21.7. The lowest BCUT2D eigenvalue weighted by atomic mass is 10.2. The van der Waals surface area contributed by atoms with Crippen LogP contribution in [0.4, 0.5) is 17.6 Å². The third-order valence-electron chi connectivity index (χ3n) is 3.55. The van der Waals surface area contributed by atoms with E-state index in [-0.39, 0.29) is 24.7 Å². The Kier molecular flexibility index (Phi) is 7.02. The Morgan fingerprint density at radius 3 is 2.21 bits per heavy atom. The molecule has 1 atom stereocenters. The normalized spacial score (nSPS) is 13.5. The van der Waals surface area contributed by atoms with Crippen molar-refractivity contribution < 1.29 is 41.3 Å². The van der Waals surface area contributed by atoms with Crippen molar-refractivity contribution >= 4 is 5.97 Å². The van der Waals surface area contributed by atoms with Crippen molar-refractivity contribution in [3.63, 3.8) is 0 Å². The molecular weight excluding hydrogens is 398 g/mol. The van der Waals surface area contributed by atoms with Crippen molar-refractivity contribution in [2.75, 3.05) is 13.2 Å². The molecule has 0 aliphatic rings. The monoisotopic (exact) mass is 417 g/mol. The Bertz CT molecular complexity index is 841. The van der Waals surface area contributed by atoms with Gasteiger partial charge in [-0.25, -0.2) is 14.2 Å². The fourth-order valence-corrected chi connectivity index (χ4v) is 2.24. The lowest BCUT2D eigenvalue weighted by molar-refractivity contribution is -0.209. The molecule has 0 bridgehead atoms. The predicted octanol–water partition coefficient (Wildman–Crippen LogP) is 4.73. The summed E-state index contributed by atoms with van der Waals surface area (Å²) >= 11 is 0. The first-order chi connectivity index (χ1) is 13.6. The summed E-state index contributed by atoms with van der Waals surface area (Å²) in [5.41, 5.74) is -1.22. The van der Waals surface area contributed by atoms with Gasteiger partial charge in [-0.05, 0) is 44.2 Å². The SMILES string of the molecule is CCOC(=O)C(C)(OCC)Oc1ccc(Oc2ncc(C(F)(F)F)cc2F)cc1.